The lowest BCUT2D eigenvalue weighted by Crippen LogP contribution is -2.58. The predicted molar refractivity (Wildman–Crippen MR) is 112 cm³/mol. The minimum absolute atomic E-state index is 0.254. The van der Waals surface area contributed by atoms with Crippen molar-refractivity contribution in [1.82, 2.24) is 14.9 Å². The van der Waals surface area contributed by atoms with Gasteiger partial charge in [0.25, 0.3) is 0 Å². The zero-order valence-corrected chi connectivity index (χ0v) is 16.8. The molecular formula is C22H29N5O. The van der Waals surface area contributed by atoms with Gasteiger partial charge in [-0.2, -0.15) is 0 Å². The lowest BCUT2D eigenvalue weighted by atomic mass is 9.94. The molecule has 28 heavy (non-hydrogen) atoms. The summed E-state index contributed by atoms with van der Waals surface area (Å²) in [5.74, 6) is 1.25. The van der Waals surface area contributed by atoms with Gasteiger partial charge >= 0.3 is 0 Å². The smallest absolute Gasteiger partial charge is 0.248 e. The van der Waals surface area contributed by atoms with Crippen molar-refractivity contribution in [3.63, 3.8) is 0 Å². The van der Waals surface area contributed by atoms with Crippen LogP contribution in [0, 0.1) is 13.8 Å². The molecule has 6 heteroatoms. The van der Waals surface area contributed by atoms with Gasteiger partial charge in [-0.3, -0.25) is 4.79 Å². The Hall–Kier alpha value is -2.63. The number of aromatic nitrogens is 2. The van der Waals surface area contributed by atoms with E-state index in [2.05, 4.69) is 27.1 Å². The Balaban J connectivity index is 1.46. The van der Waals surface area contributed by atoms with E-state index >= 15 is 0 Å². The molecular weight excluding hydrogens is 350 g/mol. The standard InChI is InChI=1S/C22H29N5O/c1-17-18(2)23-16-24-20(17)26-12-14-27(15-13-26)21(28)22(10-6-7-11-22)25-19-8-4-3-5-9-19/h3-5,8-9,16,25H,6-7,10-15H2,1-2H3. The number of hydrogen-bond acceptors (Lipinski definition) is 5. The lowest BCUT2D eigenvalue weighted by molar-refractivity contribution is -0.136. The molecule has 2 aromatic rings. The topological polar surface area (TPSA) is 61.4 Å². The molecule has 6 nitrogen and oxygen atoms in total. The van der Waals surface area contributed by atoms with Gasteiger partial charge in [-0.15, -0.1) is 0 Å². The van der Waals surface area contributed by atoms with Crippen LogP contribution in [0.25, 0.3) is 0 Å². The highest BCUT2D eigenvalue weighted by Gasteiger charge is 2.44. The van der Waals surface area contributed by atoms with Gasteiger partial charge in [0.05, 0.1) is 0 Å². The third kappa shape index (κ3) is 3.55. The van der Waals surface area contributed by atoms with Gasteiger partial charge in [0.15, 0.2) is 0 Å². The number of piperazine rings is 1. The molecule has 2 heterocycles. The summed E-state index contributed by atoms with van der Waals surface area (Å²) in [5.41, 5.74) is 2.72. The molecule has 0 bridgehead atoms. The molecule has 0 spiro atoms. The van der Waals surface area contributed by atoms with Crippen LogP contribution < -0.4 is 10.2 Å². The molecule has 1 saturated heterocycles. The van der Waals surface area contributed by atoms with E-state index in [1.807, 2.05) is 42.2 Å². The van der Waals surface area contributed by atoms with Crippen LogP contribution >= 0.6 is 0 Å². The fourth-order valence-electron chi connectivity index (χ4n) is 4.44. The van der Waals surface area contributed by atoms with Crippen LogP contribution in [0.5, 0.6) is 0 Å². The number of carbonyl (C=O) groups is 1. The van der Waals surface area contributed by atoms with Gasteiger partial charge in [0.1, 0.15) is 17.7 Å². The first-order valence-electron chi connectivity index (χ1n) is 10.2. The highest BCUT2D eigenvalue weighted by atomic mass is 16.2. The molecule has 148 valence electrons. The van der Waals surface area contributed by atoms with Gasteiger partial charge in [-0.1, -0.05) is 31.0 Å². The Morgan fingerprint density at radius 1 is 1.00 bits per heavy atom. The van der Waals surface area contributed by atoms with Crippen molar-refractivity contribution in [3.05, 3.63) is 47.9 Å². The maximum Gasteiger partial charge on any atom is 0.248 e. The van der Waals surface area contributed by atoms with E-state index in [4.69, 9.17) is 0 Å². The second kappa shape index (κ2) is 7.78. The van der Waals surface area contributed by atoms with Crippen molar-refractivity contribution in [2.24, 2.45) is 0 Å². The highest BCUT2D eigenvalue weighted by Crippen LogP contribution is 2.35. The normalized spacial score (nSPS) is 18.9. The third-order valence-electron chi connectivity index (χ3n) is 6.20. The molecule has 1 saturated carbocycles. The van der Waals surface area contributed by atoms with Crippen molar-refractivity contribution >= 4 is 17.4 Å². The first-order chi connectivity index (χ1) is 13.6. The van der Waals surface area contributed by atoms with Crippen LogP contribution in [0.3, 0.4) is 0 Å². The van der Waals surface area contributed by atoms with Crippen LogP contribution in [0.2, 0.25) is 0 Å². The van der Waals surface area contributed by atoms with E-state index in [9.17, 15) is 4.79 Å². The highest BCUT2D eigenvalue weighted by molar-refractivity contribution is 5.90. The maximum absolute atomic E-state index is 13.5. The number of hydrogen-bond donors (Lipinski definition) is 1. The molecule has 0 atom stereocenters. The summed E-state index contributed by atoms with van der Waals surface area (Å²) in [6, 6.07) is 10.1. The Morgan fingerprint density at radius 2 is 1.68 bits per heavy atom. The molecule has 1 aliphatic heterocycles. The third-order valence-corrected chi connectivity index (χ3v) is 6.20. The number of anilines is 2. The van der Waals surface area contributed by atoms with Gasteiger partial charge in [0, 0.05) is 43.1 Å². The zero-order chi connectivity index (χ0) is 19.6. The molecule has 1 amide bonds. The fourth-order valence-corrected chi connectivity index (χ4v) is 4.44. The first kappa shape index (κ1) is 18.7. The van der Waals surface area contributed by atoms with Crippen LogP contribution in [0.1, 0.15) is 36.9 Å². The molecule has 1 aromatic heterocycles. The summed E-state index contributed by atoms with van der Waals surface area (Å²) < 4.78 is 0. The van der Waals surface area contributed by atoms with Crippen molar-refractivity contribution < 1.29 is 4.79 Å². The number of rotatable bonds is 4. The number of nitrogens with one attached hydrogen (secondary N) is 1. The minimum atomic E-state index is -0.453. The molecule has 1 aliphatic carbocycles. The van der Waals surface area contributed by atoms with Crippen LogP contribution in [0.15, 0.2) is 36.7 Å². The van der Waals surface area contributed by atoms with E-state index in [0.29, 0.717) is 0 Å². The molecule has 4 rings (SSSR count). The van der Waals surface area contributed by atoms with Crippen molar-refractivity contribution in [2.75, 3.05) is 36.4 Å². The van der Waals surface area contributed by atoms with Crippen LogP contribution in [-0.4, -0.2) is 52.5 Å². The molecule has 1 aromatic carbocycles. The average Bonchev–Trinajstić information content (AvgIpc) is 3.20. The molecule has 0 radical (unpaired) electrons. The molecule has 2 fully saturated rings. The molecule has 0 unspecified atom stereocenters. The van der Waals surface area contributed by atoms with Crippen molar-refractivity contribution in [3.8, 4) is 0 Å². The minimum Gasteiger partial charge on any atom is -0.371 e. The van der Waals surface area contributed by atoms with Crippen molar-refractivity contribution in [2.45, 2.75) is 45.1 Å². The monoisotopic (exact) mass is 379 g/mol. The molecule has 2 aliphatic rings. The van der Waals surface area contributed by atoms with Gasteiger partial charge in [-0.25, -0.2) is 9.97 Å². The van der Waals surface area contributed by atoms with E-state index in [-0.39, 0.29) is 5.91 Å². The Bertz CT molecular complexity index is 824. The quantitative estimate of drug-likeness (QED) is 0.884. The number of nitrogens with zero attached hydrogens (tertiary/aromatic N) is 4. The number of benzene rings is 1. The van der Waals surface area contributed by atoms with E-state index in [1.54, 1.807) is 6.33 Å². The number of carbonyl (C=O) groups excluding carboxylic acids is 1. The molecule has 1 N–H and O–H groups in total. The fraction of sp³-hybridized carbons (Fsp3) is 0.500. The summed E-state index contributed by atoms with van der Waals surface area (Å²) in [6.07, 6.45) is 5.65. The summed E-state index contributed by atoms with van der Waals surface area (Å²) >= 11 is 0. The number of amides is 1. The number of aryl methyl sites for hydroxylation is 1. The summed E-state index contributed by atoms with van der Waals surface area (Å²) in [7, 11) is 0. The van der Waals surface area contributed by atoms with Gasteiger partial charge in [0.2, 0.25) is 5.91 Å². The summed E-state index contributed by atoms with van der Waals surface area (Å²) in [5, 5.41) is 3.59. The van der Waals surface area contributed by atoms with E-state index in [0.717, 1.165) is 74.6 Å². The average molecular weight is 380 g/mol. The van der Waals surface area contributed by atoms with E-state index < -0.39 is 5.54 Å². The van der Waals surface area contributed by atoms with Crippen molar-refractivity contribution in [1.29, 1.82) is 0 Å². The second-order valence-corrected chi connectivity index (χ2v) is 7.97. The van der Waals surface area contributed by atoms with E-state index in [1.165, 1.54) is 0 Å². The van der Waals surface area contributed by atoms with Gasteiger partial charge in [-0.05, 0) is 38.8 Å². The summed E-state index contributed by atoms with van der Waals surface area (Å²) in [6.45, 7) is 7.17. The Morgan fingerprint density at radius 3 is 2.36 bits per heavy atom. The predicted octanol–water partition coefficient (Wildman–Crippen LogP) is 3.17. The lowest BCUT2D eigenvalue weighted by Gasteiger charge is -2.41. The zero-order valence-electron chi connectivity index (χ0n) is 16.8. The SMILES string of the molecule is Cc1ncnc(N2CCN(C(=O)C3(Nc4ccccc4)CCCC3)CC2)c1C. The summed E-state index contributed by atoms with van der Waals surface area (Å²) in [4.78, 5) is 26.6. The largest absolute Gasteiger partial charge is 0.371 e. The first-order valence-corrected chi connectivity index (χ1v) is 10.2. The second-order valence-electron chi connectivity index (χ2n) is 7.97. The van der Waals surface area contributed by atoms with Crippen LogP contribution in [-0.2, 0) is 4.79 Å². The Kier molecular flexibility index (Phi) is 5.20. The maximum atomic E-state index is 13.5. The van der Waals surface area contributed by atoms with Crippen LogP contribution in [0.4, 0.5) is 11.5 Å². The Labute approximate surface area is 167 Å². The van der Waals surface area contributed by atoms with Gasteiger partial charge < -0.3 is 15.1 Å². The number of para-hydroxylation sites is 1.